The van der Waals surface area contributed by atoms with E-state index in [-0.39, 0.29) is 0 Å². The van der Waals surface area contributed by atoms with E-state index in [1.165, 1.54) is 0 Å². The zero-order valence-electron chi connectivity index (χ0n) is 7.57. The molecule has 0 aromatic carbocycles. The molecule has 5 nitrogen and oxygen atoms in total. The predicted molar refractivity (Wildman–Crippen MR) is 54.3 cm³/mol. The third kappa shape index (κ3) is 1.36. The van der Waals surface area contributed by atoms with E-state index in [0.29, 0.717) is 11.1 Å². The molecule has 0 unspecified atom stereocenters. The summed E-state index contributed by atoms with van der Waals surface area (Å²) in [6.45, 7) is 0.361. The van der Waals surface area contributed by atoms with E-state index >= 15 is 0 Å². The minimum atomic E-state index is 0.361. The SMILES string of the molecule is Cn1nnc(Br)c1-c1ccoc1CN. The van der Waals surface area contributed by atoms with E-state index < -0.39 is 0 Å². The van der Waals surface area contributed by atoms with E-state index in [1.54, 1.807) is 10.9 Å². The molecular weight excluding hydrogens is 248 g/mol. The van der Waals surface area contributed by atoms with Crippen molar-refractivity contribution < 1.29 is 4.42 Å². The molecule has 2 rings (SSSR count). The molecule has 0 aliphatic heterocycles. The molecule has 2 N–H and O–H groups in total. The third-order valence-corrected chi connectivity index (χ3v) is 2.51. The van der Waals surface area contributed by atoms with Crippen molar-refractivity contribution in [2.24, 2.45) is 12.8 Å². The first-order chi connectivity index (χ1) is 6.74. The van der Waals surface area contributed by atoms with Gasteiger partial charge in [-0.3, -0.25) is 0 Å². The van der Waals surface area contributed by atoms with Crippen molar-refractivity contribution in [3.05, 3.63) is 22.7 Å². The van der Waals surface area contributed by atoms with E-state index in [0.717, 1.165) is 17.0 Å². The van der Waals surface area contributed by atoms with Crippen molar-refractivity contribution in [2.45, 2.75) is 6.54 Å². The number of rotatable bonds is 2. The van der Waals surface area contributed by atoms with Gasteiger partial charge in [-0.25, -0.2) is 4.68 Å². The van der Waals surface area contributed by atoms with E-state index in [2.05, 4.69) is 26.2 Å². The minimum Gasteiger partial charge on any atom is -0.467 e. The maximum Gasteiger partial charge on any atom is 0.156 e. The molecule has 0 aliphatic rings. The van der Waals surface area contributed by atoms with Crippen molar-refractivity contribution >= 4 is 15.9 Å². The van der Waals surface area contributed by atoms with Gasteiger partial charge in [0.1, 0.15) is 11.5 Å². The number of aromatic nitrogens is 3. The fraction of sp³-hybridized carbons (Fsp3) is 0.250. The van der Waals surface area contributed by atoms with Crippen LogP contribution in [0.1, 0.15) is 5.76 Å². The molecule has 0 spiro atoms. The highest BCUT2D eigenvalue weighted by molar-refractivity contribution is 9.10. The molecular formula is C8H9BrN4O. The van der Waals surface area contributed by atoms with Crippen molar-refractivity contribution in [3.8, 4) is 11.3 Å². The number of halogens is 1. The van der Waals surface area contributed by atoms with Crippen LogP contribution in [-0.4, -0.2) is 15.0 Å². The highest BCUT2D eigenvalue weighted by Gasteiger charge is 2.15. The lowest BCUT2D eigenvalue weighted by atomic mass is 10.2. The van der Waals surface area contributed by atoms with Gasteiger partial charge in [-0.2, -0.15) is 0 Å². The molecule has 6 heteroatoms. The Labute approximate surface area is 89.0 Å². The van der Waals surface area contributed by atoms with E-state index in [1.807, 2.05) is 13.1 Å². The van der Waals surface area contributed by atoms with Crippen molar-refractivity contribution in [2.75, 3.05) is 0 Å². The lowest BCUT2D eigenvalue weighted by Gasteiger charge is -2.00. The Morgan fingerprint density at radius 3 is 3.00 bits per heavy atom. The Balaban J connectivity index is 2.59. The molecule has 0 bridgehead atoms. The first-order valence-corrected chi connectivity index (χ1v) is 4.85. The fourth-order valence-corrected chi connectivity index (χ4v) is 1.87. The van der Waals surface area contributed by atoms with Gasteiger partial charge >= 0.3 is 0 Å². The van der Waals surface area contributed by atoms with Crippen LogP contribution in [0.15, 0.2) is 21.3 Å². The normalized spacial score (nSPS) is 10.8. The summed E-state index contributed by atoms with van der Waals surface area (Å²) in [5, 5.41) is 7.78. The van der Waals surface area contributed by atoms with Gasteiger partial charge in [0.2, 0.25) is 0 Å². The Bertz CT molecular complexity index is 428. The largest absolute Gasteiger partial charge is 0.467 e. The fourth-order valence-electron chi connectivity index (χ4n) is 1.33. The first-order valence-electron chi connectivity index (χ1n) is 4.06. The average molecular weight is 257 g/mol. The smallest absolute Gasteiger partial charge is 0.156 e. The van der Waals surface area contributed by atoms with Crippen LogP contribution in [0.2, 0.25) is 0 Å². The molecule has 0 atom stereocenters. The van der Waals surface area contributed by atoms with E-state index in [4.69, 9.17) is 10.2 Å². The molecule has 14 heavy (non-hydrogen) atoms. The molecule has 0 amide bonds. The zero-order valence-corrected chi connectivity index (χ0v) is 9.15. The van der Waals surface area contributed by atoms with Gasteiger partial charge in [-0.15, -0.1) is 5.10 Å². The topological polar surface area (TPSA) is 69.9 Å². The lowest BCUT2D eigenvalue weighted by Crippen LogP contribution is -1.99. The lowest BCUT2D eigenvalue weighted by molar-refractivity contribution is 0.513. The van der Waals surface area contributed by atoms with Crippen LogP contribution in [0.25, 0.3) is 11.3 Å². The van der Waals surface area contributed by atoms with Gasteiger partial charge in [-0.05, 0) is 22.0 Å². The second kappa shape index (κ2) is 3.55. The average Bonchev–Trinajstić information content (AvgIpc) is 2.73. The Morgan fingerprint density at radius 1 is 1.64 bits per heavy atom. The van der Waals surface area contributed by atoms with Gasteiger partial charge in [-0.1, -0.05) is 5.21 Å². The molecule has 0 radical (unpaired) electrons. The second-order valence-corrected chi connectivity index (χ2v) is 3.57. The summed E-state index contributed by atoms with van der Waals surface area (Å²) in [6, 6.07) is 1.85. The molecule has 2 aromatic heterocycles. The van der Waals surface area contributed by atoms with Crippen LogP contribution in [0, 0.1) is 0 Å². The molecule has 2 aromatic rings. The molecule has 0 aliphatic carbocycles. The van der Waals surface area contributed by atoms with Crippen molar-refractivity contribution in [3.63, 3.8) is 0 Å². The van der Waals surface area contributed by atoms with Gasteiger partial charge in [0.05, 0.1) is 12.8 Å². The van der Waals surface area contributed by atoms with Crippen molar-refractivity contribution in [1.29, 1.82) is 0 Å². The monoisotopic (exact) mass is 256 g/mol. The summed E-state index contributed by atoms with van der Waals surface area (Å²) in [5.74, 6) is 0.733. The zero-order chi connectivity index (χ0) is 10.1. The second-order valence-electron chi connectivity index (χ2n) is 2.81. The number of nitrogens with two attached hydrogens (primary N) is 1. The highest BCUT2D eigenvalue weighted by Crippen LogP contribution is 2.29. The Morgan fingerprint density at radius 2 is 2.43 bits per heavy atom. The van der Waals surface area contributed by atoms with Crippen LogP contribution >= 0.6 is 15.9 Å². The molecule has 0 saturated carbocycles. The van der Waals surface area contributed by atoms with Gasteiger partial charge in [0.25, 0.3) is 0 Å². The van der Waals surface area contributed by atoms with Crippen LogP contribution in [-0.2, 0) is 13.6 Å². The Kier molecular flexibility index (Phi) is 2.39. The molecule has 0 saturated heterocycles. The van der Waals surface area contributed by atoms with Crippen LogP contribution in [0.3, 0.4) is 0 Å². The summed E-state index contributed by atoms with van der Waals surface area (Å²) in [7, 11) is 1.82. The molecule has 74 valence electrons. The van der Waals surface area contributed by atoms with Crippen molar-refractivity contribution in [1.82, 2.24) is 15.0 Å². The van der Waals surface area contributed by atoms with Gasteiger partial charge in [0.15, 0.2) is 4.60 Å². The first kappa shape index (κ1) is 9.42. The summed E-state index contributed by atoms with van der Waals surface area (Å²) < 4.78 is 7.60. The quantitative estimate of drug-likeness (QED) is 0.880. The third-order valence-electron chi connectivity index (χ3n) is 1.97. The van der Waals surface area contributed by atoms with Gasteiger partial charge < -0.3 is 10.2 Å². The highest BCUT2D eigenvalue weighted by atomic mass is 79.9. The maximum absolute atomic E-state index is 5.54. The Hall–Kier alpha value is -1.14. The minimum absolute atomic E-state index is 0.361. The van der Waals surface area contributed by atoms with Crippen LogP contribution in [0.5, 0.6) is 0 Å². The molecule has 2 heterocycles. The number of nitrogens with zero attached hydrogens (tertiary/aromatic N) is 3. The number of hydrogen-bond donors (Lipinski definition) is 1. The summed E-state index contributed by atoms with van der Waals surface area (Å²) in [5.41, 5.74) is 7.34. The number of aryl methyl sites for hydroxylation is 1. The summed E-state index contributed by atoms with van der Waals surface area (Å²) >= 11 is 3.32. The maximum atomic E-state index is 5.54. The van der Waals surface area contributed by atoms with E-state index in [9.17, 15) is 0 Å². The summed E-state index contributed by atoms with van der Waals surface area (Å²) in [4.78, 5) is 0. The summed E-state index contributed by atoms with van der Waals surface area (Å²) in [6.07, 6.45) is 1.61. The number of furan rings is 1. The number of hydrogen-bond acceptors (Lipinski definition) is 4. The molecule has 0 fully saturated rings. The predicted octanol–water partition coefficient (Wildman–Crippen LogP) is 1.30. The van der Waals surface area contributed by atoms with Crippen LogP contribution < -0.4 is 5.73 Å². The standard InChI is InChI=1S/C8H9BrN4O/c1-13-7(8(9)11-12-13)5-2-3-14-6(5)4-10/h2-3H,4,10H2,1H3. The van der Waals surface area contributed by atoms with Gasteiger partial charge in [0, 0.05) is 12.6 Å². The van der Waals surface area contributed by atoms with Crippen LogP contribution in [0.4, 0.5) is 0 Å².